The van der Waals surface area contributed by atoms with E-state index < -0.39 is 11.6 Å². The van der Waals surface area contributed by atoms with Crippen LogP contribution in [0.5, 0.6) is 0 Å². The quantitative estimate of drug-likeness (QED) is 0.362. The van der Waals surface area contributed by atoms with E-state index in [1.54, 1.807) is 13.1 Å². The summed E-state index contributed by atoms with van der Waals surface area (Å²) >= 11 is 0. The molecule has 0 amide bonds. The van der Waals surface area contributed by atoms with Crippen molar-refractivity contribution in [2.45, 2.75) is 19.3 Å². The van der Waals surface area contributed by atoms with Crippen molar-refractivity contribution in [3.05, 3.63) is 48.1 Å². The summed E-state index contributed by atoms with van der Waals surface area (Å²) in [7, 11) is 3.65. The van der Waals surface area contributed by atoms with Gasteiger partial charge in [-0.25, -0.2) is 8.78 Å². The molecule has 0 unspecified atom stereocenters. The summed E-state index contributed by atoms with van der Waals surface area (Å²) in [6.45, 7) is 5.05. The zero-order valence-corrected chi connectivity index (χ0v) is 12.7. The molecular formula is C16H23F2N3. The van der Waals surface area contributed by atoms with Crippen molar-refractivity contribution in [1.82, 2.24) is 10.2 Å². The Morgan fingerprint density at radius 1 is 1.43 bits per heavy atom. The molecule has 0 heterocycles. The molecule has 0 bridgehead atoms. The van der Waals surface area contributed by atoms with Gasteiger partial charge in [-0.1, -0.05) is 18.2 Å². The lowest BCUT2D eigenvalue weighted by molar-refractivity contribution is 0.468. The standard InChI is InChI=1S/C16H23F2N3/c1-4-5-6-12-21(3)16(19-2)20-11-10-13-8-7-9-14(17)15(13)18/h4,7-9H,1,5-6,10-12H2,2-3H3,(H,19,20). The van der Waals surface area contributed by atoms with Gasteiger partial charge in [0, 0.05) is 27.2 Å². The van der Waals surface area contributed by atoms with Crippen LogP contribution in [0.15, 0.2) is 35.8 Å². The van der Waals surface area contributed by atoms with Gasteiger partial charge in [-0.15, -0.1) is 6.58 Å². The highest BCUT2D eigenvalue weighted by Gasteiger charge is 2.08. The number of rotatable bonds is 7. The summed E-state index contributed by atoms with van der Waals surface area (Å²) in [5.74, 6) is -0.831. The van der Waals surface area contributed by atoms with Crippen LogP contribution in [0.4, 0.5) is 8.78 Å². The molecule has 0 fully saturated rings. The highest BCUT2D eigenvalue weighted by molar-refractivity contribution is 5.79. The molecule has 0 saturated heterocycles. The van der Waals surface area contributed by atoms with Crippen molar-refractivity contribution in [3.63, 3.8) is 0 Å². The smallest absolute Gasteiger partial charge is 0.193 e. The van der Waals surface area contributed by atoms with Gasteiger partial charge >= 0.3 is 0 Å². The van der Waals surface area contributed by atoms with Crippen LogP contribution in [0.25, 0.3) is 0 Å². The molecule has 21 heavy (non-hydrogen) atoms. The van der Waals surface area contributed by atoms with Gasteiger partial charge in [0.2, 0.25) is 0 Å². The van der Waals surface area contributed by atoms with Gasteiger partial charge in [0.1, 0.15) is 0 Å². The third-order valence-corrected chi connectivity index (χ3v) is 3.18. The second-order valence-corrected chi connectivity index (χ2v) is 4.79. The van der Waals surface area contributed by atoms with E-state index in [-0.39, 0.29) is 0 Å². The largest absolute Gasteiger partial charge is 0.356 e. The Balaban J connectivity index is 2.45. The fourth-order valence-corrected chi connectivity index (χ4v) is 2.01. The van der Waals surface area contributed by atoms with Crippen LogP contribution in [0, 0.1) is 11.6 Å². The Morgan fingerprint density at radius 2 is 2.19 bits per heavy atom. The number of nitrogens with zero attached hydrogens (tertiary/aromatic N) is 2. The SMILES string of the molecule is C=CCCCN(C)C(=NC)NCCc1cccc(F)c1F. The normalized spacial score (nSPS) is 11.3. The lowest BCUT2D eigenvalue weighted by Crippen LogP contribution is -2.40. The number of unbranched alkanes of at least 4 members (excludes halogenated alkanes) is 1. The van der Waals surface area contributed by atoms with Gasteiger partial charge in [-0.3, -0.25) is 4.99 Å². The summed E-state index contributed by atoms with van der Waals surface area (Å²) < 4.78 is 26.6. The van der Waals surface area contributed by atoms with Crippen molar-refractivity contribution in [1.29, 1.82) is 0 Å². The summed E-state index contributed by atoms with van der Waals surface area (Å²) in [5.41, 5.74) is 0.368. The minimum Gasteiger partial charge on any atom is -0.356 e. The number of nitrogens with one attached hydrogen (secondary N) is 1. The van der Waals surface area contributed by atoms with Crippen LogP contribution in [0.1, 0.15) is 18.4 Å². The Hall–Kier alpha value is -1.91. The summed E-state index contributed by atoms with van der Waals surface area (Å²) in [5, 5.41) is 3.15. The van der Waals surface area contributed by atoms with Gasteiger partial charge in [0.05, 0.1) is 0 Å². The fourth-order valence-electron chi connectivity index (χ4n) is 2.01. The first-order chi connectivity index (χ1) is 10.1. The minimum atomic E-state index is -0.807. The van der Waals surface area contributed by atoms with Crippen LogP contribution in [0.2, 0.25) is 0 Å². The van der Waals surface area contributed by atoms with Gasteiger partial charge in [-0.2, -0.15) is 0 Å². The number of hydrogen-bond acceptors (Lipinski definition) is 1. The molecule has 116 valence electrons. The van der Waals surface area contributed by atoms with Gasteiger partial charge < -0.3 is 10.2 Å². The molecule has 0 aliphatic heterocycles. The van der Waals surface area contributed by atoms with E-state index in [0.717, 1.165) is 31.4 Å². The first kappa shape index (κ1) is 17.1. The van der Waals surface area contributed by atoms with E-state index in [0.29, 0.717) is 18.5 Å². The molecule has 0 aliphatic carbocycles. The molecule has 0 radical (unpaired) electrons. The second kappa shape index (κ2) is 9.10. The highest BCUT2D eigenvalue weighted by atomic mass is 19.2. The highest BCUT2D eigenvalue weighted by Crippen LogP contribution is 2.11. The predicted octanol–water partition coefficient (Wildman–Crippen LogP) is 2.98. The van der Waals surface area contributed by atoms with Crippen molar-refractivity contribution in [2.75, 3.05) is 27.2 Å². The van der Waals surface area contributed by atoms with Crippen molar-refractivity contribution in [2.24, 2.45) is 4.99 Å². The zero-order valence-electron chi connectivity index (χ0n) is 12.7. The Bertz CT molecular complexity index is 486. The van der Waals surface area contributed by atoms with E-state index in [1.807, 2.05) is 18.0 Å². The van der Waals surface area contributed by atoms with Crippen LogP contribution >= 0.6 is 0 Å². The molecule has 1 N–H and O–H groups in total. The number of aliphatic imine (C=N–C) groups is 1. The molecule has 1 aromatic carbocycles. The summed E-state index contributed by atoms with van der Waals surface area (Å²) in [4.78, 5) is 6.18. The molecule has 0 aromatic heterocycles. The van der Waals surface area contributed by atoms with Crippen LogP contribution in [-0.2, 0) is 6.42 Å². The van der Waals surface area contributed by atoms with E-state index >= 15 is 0 Å². The number of hydrogen-bond donors (Lipinski definition) is 1. The average molecular weight is 295 g/mol. The van der Waals surface area contributed by atoms with Gasteiger partial charge in [0.15, 0.2) is 17.6 Å². The maximum absolute atomic E-state index is 13.5. The Labute approximate surface area is 125 Å². The molecule has 5 heteroatoms. The summed E-state index contributed by atoms with van der Waals surface area (Å²) in [6.07, 6.45) is 4.24. The van der Waals surface area contributed by atoms with Crippen molar-refractivity contribution < 1.29 is 8.78 Å². The monoisotopic (exact) mass is 295 g/mol. The van der Waals surface area contributed by atoms with E-state index in [9.17, 15) is 8.78 Å². The molecule has 0 spiro atoms. The summed E-state index contributed by atoms with van der Waals surface area (Å²) in [6, 6.07) is 4.24. The van der Waals surface area contributed by atoms with Gasteiger partial charge in [-0.05, 0) is 30.9 Å². The third kappa shape index (κ3) is 5.53. The molecule has 3 nitrogen and oxygen atoms in total. The second-order valence-electron chi connectivity index (χ2n) is 4.79. The number of benzene rings is 1. The maximum atomic E-state index is 13.5. The van der Waals surface area contributed by atoms with Crippen LogP contribution in [-0.4, -0.2) is 38.0 Å². The fraction of sp³-hybridized carbons (Fsp3) is 0.438. The Morgan fingerprint density at radius 3 is 2.86 bits per heavy atom. The molecule has 0 saturated carbocycles. The van der Waals surface area contributed by atoms with Crippen molar-refractivity contribution >= 4 is 5.96 Å². The lowest BCUT2D eigenvalue weighted by Gasteiger charge is -2.21. The van der Waals surface area contributed by atoms with Gasteiger partial charge in [0.25, 0.3) is 0 Å². The molecular weight excluding hydrogens is 272 g/mol. The average Bonchev–Trinajstić information content (AvgIpc) is 2.48. The van der Waals surface area contributed by atoms with Crippen LogP contribution < -0.4 is 5.32 Å². The zero-order chi connectivity index (χ0) is 15.7. The molecule has 0 aliphatic rings. The van der Waals surface area contributed by atoms with E-state index in [2.05, 4.69) is 16.9 Å². The van der Waals surface area contributed by atoms with Crippen molar-refractivity contribution in [3.8, 4) is 0 Å². The lowest BCUT2D eigenvalue weighted by atomic mass is 10.1. The number of guanidine groups is 1. The number of halogens is 2. The molecule has 1 rings (SSSR count). The molecule has 1 aromatic rings. The first-order valence-corrected chi connectivity index (χ1v) is 7.05. The van der Waals surface area contributed by atoms with Crippen LogP contribution in [0.3, 0.4) is 0 Å². The number of allylic oxidation sites excluding steroid dienone is 1. The first-order valence-electron chi connectivity index (χ1n) is 7.05. The minimum absolute atomic E-state index is 0.368. The van der Waals surface area contributed by atoms with E-state index in [4.69, 9.17) is 0 Å². The third-order valence-electron chi connectivity index (χ3n) is 3.18. The topological polar surface area (TPSA) is 27.6 Å². The predicted molar refractivity (Wildman–Crippen MR) is 83.5 cm³/mol. The maximum Gasteiger partial charge on any atom is 0.193 e. The molecule has 0 atom stereocenters. The Kier molecular flexibility index (Phi) is 7.43. The van der Waals surface area contributed by atoms with E-state index in [1.165, 1.54) is 6.07 Å².